The van der Waals surface area contributed by atoms with E-state index in [-0.39, 0.29) is 24.7 Å². The van der Waals surface area contributed by atoms with Gasteiger partial charge in [-0.05, 0) is 48.5 Å². The Bertz CT molecular complexity index is 857. The van der Waals surface area contributed by atoms with Crippen LogP contribution in [0, 0.1) is 0 Å². The second kappa shape index (κ2) is 6.95. The van der Waals surface area contributed by atoms with E-state index in [0.717, 1.165) is 20.3 Å². The van der Waals surface area contributed by atoms with E-state index in [1.165, 1.54) is 0 Å². The van der Waals surface area contributed by atoms with Gasteiger partial charge in [0.25, 0.3) is 0 Å². The van der Waals surface area contributed by atoms with E-state index in [0.29, 0.717) is 0 Å². The zero-order valence-electron chi connectivity index (χ0n) is 14.6. The molecule has 0 saturated carbocycles. The molecule has 0 N–H and O–H groups in total. The average molecular weight is 508 g/mol. The van der Waals surface area contributed by atoms with Crippen LogP contribution in [0.3, 0.4) is 0 Å². The molecule has 8 heteroatoms. The Morgan fingerprint density at radius 1 is 0.679 bits per heavy atom. The first-order valence-corrected chi connectivity index (χ1v) is 10.6. The van der Waals surface area contributed by atoms with Crippen LogP contribution in [-0.2, 0) is 19.1 Å². The third-order valence-corrected chi connectivity index (χ3v) is 6.33. The second-order valence-electron chi connectivity index (χ2n) is 7.02. The predicted octanol–water partition coefficient (Wildman–Crippen LogP) is 3.82. The van der Waals surface area contributed by atoms with Gasteiger partial charge in [-0.25, -0.2) is 0 Å². The molecule has 0 aromatic heterocycles. The normalized spacial score (nSPS) is 29.2. The van der Waals surface area contributed by atoms with Crippen LogP contribution in [0.15, 0.2) is 57.5 Å². The monoisotopic (exact) mass is 506 g/mol. The number of ether oxygens (including phenoxy) is 2. The summed E-state index contributed by atoms with van der Waals surface area (Å²) < 4.78 is 14.4. The van der Waals surface area contributed by atoms with Crippen molar-refractivity contribution in [3.63, 3.8) is 0 Å². The van der Waals surface area contributed by atoms with Gasteiger partial charge in [0.15, 0.2) is 12.5 Å². The highest BCUT2D eigenvalue weighted by molar-refractivity contribution is 9.10. The van der Waals surface area contributed by atoms with Gasteiger partial charge in [-0.15, -0.1) is 0 Å². The molecule has 2 amide bonds. The van der Waals surface area contributed by atoms with Gasteiger partial charge < -0.3 is 9.47 Å². The molecule has 0 unspecified atom stereocenters. The molecule has 144 valence electrons. The van der Waals surface area contributed by atoms with E-state index in [1.807, 2.05) is 48.5 Å². The topological polar surface area (TPSA) is 59.1 Å². The fraction of sp³-hybridized carbons (Fsp3) is 0.300. The highest BCUT2D eigenvalue weighted by Crippen LogP contribution is 2.40. The number of nitrogens with zero attached hydrogens (tertiary/aromatic N) is 2. The zero-order valence-corrected chi connectivity index (χ0v) is 17.8. The first kappa shape index (κ1) is 18.3. The van der Waals surface area contributed by atoms with Gasteiger partial charge >= 0.3 is 0 Å². The van der Waals surface area contributed by atoms with Crippen LogP contribution in [0.4, 0.5) is 11.4 Å². The van der Waals surface area contributed by atoms with Gasteiger partial charge in [-0.3, -0.25) is 19.4 Å². The van der Waals surface area contributed by atoms with Crippen molar-refractivity contribution in [3.05, 3.63) is 57.5 Å². The number of halogens is 2. The van der Waals surface area contributed by atoms with E-state index in [4.69, 9.17) is 9.47 Å². The Labute approximate surface area is 178 Å². The number of amides is 2. The van der Waals surface area contributed by atoms with Gasteiger partial charge in [-0.2, -0.15) is 0 Å². The van der Waals surface area contributed by atoms with Gasteiger partial charge in [0.05, 0.1) is 12.8 Å². The first-order valence-electron chi connectivity index (χ1n) is 8.97. The number of anilines is 2. The van der Waals surface area contributed by atoms with E-state index < -0.39 is 24.7 Å². The molecular formula is C20H16Br2N2O4. The summed E-state index contributed by atoms with van der Waals surface area (Å²) in [4.78, 5) is 28.6. The minimum Gasteiger partial charge on any atom is -0.347 e. The van der Waals surface area contributed by atoms with Crippen LogP contribution >= 0.6 is 31.9 Å². The molecule has 0 radical (unpaired) electrons. The zero-order chi connectivity index (χ0) is 19.4. The van der Waals surface area contributed by atoms with Crippen LogP contribution in [0.25, 0.3) is 0 Å². The number of carbonyl (C=O) groups is 2. The van der Waals surface area contributed by atoms with Crippen molar-refractivity contribution < 1.29 is 19.1 Å². The molecule has 6 nitrogen and oxygen atoms in total. The molecule has 3 saturated heterocycles. The number of rotatable bonds is 2. The van der Waals surface area contributed by atoms with E-state index in [2.05, 4.69) is 31.9 Å². The van der Waals surface area contributed by atoms with Crippen molar-refractivity contribution in [1.29, 1.82) is 0 Å². The molecule has 0 bridgehead atoms. The first-order chi connectivity index (χ1) is 13.5. The molecule has 2 aromatic rings. The predicted molar refractivity (Wildman–Crippen MR) is 110 cm³/mol. The smallest absolute Gasteiger partial charge is 0.231 e. The Hall–Kier alpha value is -1.74. The number of fused-ring (bicyclic) bond motifs is 2. The second-order valence-corrected chi connectivity index (χ2v) is 8.85. The van der Waals surface area contributed by atoms with Crippen molar-refractivity contribution in [1.82, 2.24) is 0 Å². The molecular weight excluding hydrogens is 492 g/mol. The Morgan fingerprint density at radius 2 is 1.04 bits per heavy atom. The summed E-state index contributed by atoms with van der Waals surface area (Å²) in [5.74, 6) is -0.0855. The van der Waals surface area contributed by atoms with Crippen molar-refractivity contribution in [3.8, 4) is 0 Å². The lowest BCUT2D eigenvalue weighted by Crippen LogP contribution is -2.54. The van der Waals surface area contributed by atoms with E-state index in [9.17, 15) is 9.59 Å². The van der Waals surface area contributed by atoms with Crippen molar-refractivity contribution >= 4 is 55.0 Å². The maximum atomic E-state index is 12.7. The number of hydrogen-bond acceptors (Lipinski definition) is 4. The van der Waals surface area contributed by atoms with Crippen molar-refractivity contribution in [2.24, 2.45) is 0 Å². The maximum Gasteiger partial charge on any atom is 0.231 e. The summed E-state index contributed by atoms with van der Waals surface area (Å²) >= 11 is 6.82. The lowest BCUT2D eigenvalue weighted by Gasteiger charge is -2.40. The summed E-state index contributed by atoms with van der Waals surface area (Å²) in [7, 11) is 0. The standard InChI is InChI=1S/C20H16Br2N2O4/c21-11-1-5-13(6-2-11)23-17(25)9-15-19(23)27-16-10-18(26)24(20(16)28-15)14-7-3-12(22)4-8-14/h1-8,15-16,19-20H,9-10H2/t15-,16-,19-,20-/m1/s1. The lowest BCUT2D eigenvalue weighted by atomic mass is 10.2. The fourth-order valence-corrected chi connectivity index (χ4v) is 4.56. The summed E-state index contributed by atoms with van der Waals surface area (Å²) in [5.41, 5.74) is 1.52. The molecule has 3 fully saturated rings. The summed E-state index contributed by atoms with van der Waals surface area (Å²) in [6.07, 6.45) is -1.42. The molecule has 3 heterocycles. The van der Waals surface area contributed by atoms with Crippen LogP contribution in [0.5, 0.6) is 0 Å². The molecule has 3 aliphatic heterocycles. The van der Waals surface area contributed by atoms with Gasteiger partial charge in [0.2, 0.25) is 11.8 Å². The molecule has 3 aliphatic rings. The van der Waals surface area contributed by atoms with Gasteiger partial charge in [0, 0.05) is 20.3 Å². The Morgan fingerprint density at radius 3 is 1.39 bits per heavy atom. The molecule has 4 atom stereocenters. The summed E-state index contributed by atoms with van der Waals surface area (Å²) in [6, 6.07) is 15.0. The quantitative estimate of drug-likeness (QED) is 0.620. The fourth-order valence-electron chi connectivity index (χ4n) is 4.03. The van der Waals surface area contributed by atoms with Crippen molar-refractivity contribution in [2.45, 2.75) is 37.5 Å². The molecule has 0 spiro atoms. The summed E-state index contributed by atoms with van der Waals surface area (Å²) in [5, 5.41) is 0. The highest BCUT2D eigenvalue weighted by atomic mass is 79.9. The van der Waals surface area contributed by atoms with Gasteiger partial charge in [0.1, 0.15) is 12.2 Å². The molecule has 2 aromatic carbocycles. The SMILES string of the molecule is O=C1C[C@H]2O[C@@H]3[C@@H](CC(=O)N3c3ccc(Br)cc3)O[C@H]2N1c1ccc(Br)cc1. The summed E-state index contributed by atoms with van der Waals surface area (Å²) in [6.45, 7) is 0. The largest absolute Gasteiger partial charge is 0.347 e. The number of benzene rings is 2. The minimum absolute atomic E-state index is 0.0428. The third kappa shape index (κ3) is 2.99. The Balaban J connectivity index is 1.42. The van der Waals surface area contributed by atoms with Crippen LogP contribution in [0.2, 0.25) is 0 Å². The number of hydrogen-bond donors (Lipinski definition) is 0. The molecule has 0 aliphatic carbocycles. The Kier molecular flexibility index (Phi) is 4.54. The van der Waals surface area contributed by atoms with E-state index >= 15 is 0 Å². The van der Waals surface area contributed by atoms with Gasteiger partial charge in [-0.1, -0.05) is 31.9 Å². The number of carbonyl (C=O) groups excluding carboxylic acids is 2. The molecule has 28 heavy (non-hydrogen) atoms. The maximum absolute atomic E-state index is 12.7. The van der Waals surface area contributed by atoms with Crippen LogP contribution in [0.1, 0.15) is 12.8 Å². The van der Waals surface area contributed by atoms with Crippen LogP contribution in [-0.4, -0.2) is 36.5 Å². The van der Waals surface area contributed by atoms with E-state index in [1.54, 1.807) is 9.80 Å². The molecule has 5 rings (SSSR count). The third-order valence-electron chi connectivity index (χ3n) is 5.27. The minimum atomic E-state index is -0.521. The average Bonchev–Trinajstić information content (AvgIpc) is 3.16. The van der Waals surface area contributed by atoms with Crippen LogP contribution < -0.4 is 9.80 Å². The lowest BCUT2D eigenvalue weighted by molar-refractivity contribution is -0.195. The highest BCUT2D eigenvalue weighted by Gasteiger charge is 2.55. The van der Waals surface area contributed by atoms with Crippen molar-refractivity contribution in [2.75, 3.05) is 9.80 Å².